The Hall–Kier alpha value is -2.17. The van der Waals surface area contributed by atoms with Crippen molar-refractivity contribution in [3.05, 3.63) is 30.0 Å². The van der Waals surface area contributed by atoms with E-state index < -0.39 is 0 Å². The van der Waals surface area contributed by atoms with Gasteiger partial charge in [0, 0.05) is 11.9 Å². The van der Waals surface area contributed by atoms with E-state index in [9.17, 15) is 9.59 Å². The molecule has 2 aromatic rings. The first-order valence-electron chi connectivity index (χ1n) is 5.94. The normalized spacial score (nSPS) is 15.9. The molecule has 2 heterocycles. The van der Waals surface area contributed by atoms with Gasteiger partial charge in [-0.2, -0.15) is 5.10 Å². The van der Waals surface area contributed by atoms with Gasteiger partial charge in [-0.3, -0.25) is 14.7 Å². The number of amides is 1. The molecule has 1 amide bonds. The van der Waals surface area contributed by atoms with Crippen molar-refractivity contribution in [2.24, 2.45) is 0 Å². The summed E-state index contributed by atoms with van der Waals surface area (Å²) in [6.07, 6.45) is 2.60. The molecule has 1 saturated heterocycles. The molecule has 0 unspecified atom stereocenters. The molecule has 0 bridgehead atoms. The zero-order chi connectivity index (χ0) is 12.5. The number of carbonyl (C=O) groups excluding carboxylic acids is 2. The van der Waals surface area contributed by atoms with E-state index in [-0.39, 0.29) is 24.7 Å². The van der Waals surface area contributed by atoms with E-state index >= 15 is 0 Å². The number of fused-ring (bicyclic) bond motifs is 1. The summed E-state index contributed by atoms with van der Waals surface area (Å²) in [5, 5.41) is 8.01. The third-order valence-corrected chi connectivity index (χ3v) is 3.29. The Kier molecular flexibility index (Phi) is 2.59. The molecule has 5 heteroatoms. The third kappa shape index (κ3) is 1.88. The molecule has 5 nitrogen and oxygen atoms in total. The predicted octanol–water partition coefficient (Wildman–Crippen LogP) is 0.907. The largest absolute Gasteiger partial charge is 0.335 e. The van der Waals surface area contributed by atoms with E-state index in [0.717, 1.165) is 22.9 Å². The summed E-state index contributed by atoms with van der Waals surface area (Å²) in [5.74, 6) is -0.0408. The molecule has 0 saturated carbocycles. The first kappa shape index (κ1) is 11.0. The topological polar surface area (TPSA) is 66.1 Å². The standard InChI is InChI=1S/C13H13N3O2/c17-10-6-13(18)16(8-10)5-4-9-2-1-3-12-11(9)7-14-15-12/h1-3,7H,4-6,8H2,(H,14,15). The van der Waals surface area contributed by atoms with Crippen LogP contribution in [0.15, 0.2) is 24.4 Å². The van der Waals surface area contributed by atoms with Crippen molar-refractivity contribution >= 4 is 22.6 Å². The molecule has 1 aliphatic heterocycles. The Bertz CT molecular complexity index is 617. The fourth-order valence-electron chi connectivity index (χ4n) is 2.34. The van der Waals surface area contributed by atoms with Crippen molar-refractivity contribution in [3.63, 3.8) is 0 Å². The van der Waals surface area contributed by atoms with Crippen LogP contribution in [0.4, 0.5) is 0 Å². The molecule has 92 valence electrons. The lowest BCUT2D eigenvalue weighted by atomic mass is 10.1. The number of Topliss-reactive ketones (excluding diaryl/α,β-unsaturated/α-hetero) is 1. The third-order valence-electron chi connectivity index (χ3n) is 3.29. The second-order valence-corrected chi connectivity index (χ2v) is 4.53. The summed E-state index contributed by atoms with van der Waals surface area (Å²) < 4.78 is 0. The van der Waals surface area contributed by atoms with Crippen LogP contribution in [0, 0.1) is 0 Å². The van der Waals surface area contributed by atoms with Crippen molar-refractivity contribution in [3.8, 4) is 0 Å². The van der Waals surface area contributed by atoms with E-state index in [0.29, 0.717) is 6.54 Å². The number of carbonyl (C=O) groups is 2. The van der Waals surface area contributed by atoms with Crippen molar-refractivity contribution in [1.82, 2.24) is 15.1 Å². The second kappa shape index (κ2) is 4.25. The molecule has 0 aliphatic carbocycles. The number of H-pyrrole nitrogens is 1. The Morgan fingerprint density at radius 3 is 3.00 bits per heavy atom. The van der Waals surface area contributed by atoms with Crippen LogP contribution in [-0.2, 0) is 16.0 Å². The maximum absolute atomic E-state index is 11.5. The van der Waals surface area contributed by atoms with Crippen LogP contribution < -0.4 is 0 Å². The van der Waals surface area contributed by atoms with Crippen molar-refractivity contribution in [2.45, 2.75) is 12.8 Å². The van der Waals surface area contributed by atoms with Crippen LogP contribution in [0.25, 0.3) is 10.9 Å². The smallest absolute Gasteiger partial charge is 0.230 e. The van der Waals surface area contributed by atoms with Gasteiger partial charge in [-0.15, -0.1) is 0 Å². The van der Waals surface area contributed by atoms with E-state index in [1.54, 1.807) is 11.1 Å². The summed E-state index contributed by atoms with van der Waals surface area (Å²) in [5.41, 5.74) is 2.14. The van der Waals surface area contributed by atoms with Gasteiger partial charge in [-0.05, 0) is 18.1 Å². The zero-order valence-corrected chi connectivity index (χ0v) is 9.85. The lowest BCUT2D eigenvalue weighted by molar-refractivity contribution is -0.127. The van der Waals surface area contributed by atoms with Crippen LogP contribution in [0.5, 0.6) is 0 Å². The highest BCUT2D eigenvalue weighted by Crippen LogP contribution is 2.17. The minimum Gasteiger partial charge on any atom is -0.335 e. The lowest BCUT2D eigenvalue weighted by Gasteiger charge is -2.14. The van der Waals surface area contributed by atoms with Crippen molar-refractivity contribution in [2.75, 3.05) is 13.1 Å². The number of aromatic nitrogens is 2. The molecule has 1 N–H and O–H groups in total. The van der Waals surface area contributed by atoms with Crippen LogP contribution >= 0.6 is 0 Å². The zero-order valence-electron chi connectivity index (χ0n) is 9.85. The van der Waals surface area contributed by atoms with Gasteiger partial charge in [0.25, 0.3) is 0 Å². The maximum Gasteiger partial charge on any atom is 0.230 e. The highest BCUT2D eigenvalue weighted by Gasteiger charge is 2.26. The number of aromatic amines is 1. The summed E-state index contributed by atoms with van der Waals surface area (Å²) >= 11 is 0. The average Bonchev–Trinajstić information content (AvgIpc) is 2.93. The number of nitrogens with zero attached hydrogens (tertiary/aromatic N) is 2. The first-order chi connectivity index (χ1) is 8.74. The van der Waals surface area contributed by atoms with Gasteiger partial charge in [0.2, 0.25) is 5.91 Å². The summed E-state index contributed by atoms with van der Waals surface area (Å²) in [4.78, 5) is 24.3. The number of likely N-dealkylation sites (tertiary alicyclic amines) is 1. The SMILES string of the molecule is O=C1CC(=O)N(CCc2cccc3[nH]ncc23)C1. The first-order valence-corrected chi connectivity index (χ1v) is 5.94. The quantitative estimate of drug-likeness (QED) is 0.815. The minimum absolute atomic E-state index is 0.0153. The summed E-state index contributed by atoms with van der Waals surface area (Å²) in [6.45, 7) is 0.856. The number of nitrogens with one attached hydrogen (secondary N) is 1. The number of hydrogen-bond acceptors (Lipinski definition) is 3. The molecule has 0 radical (unpaired) electrons. The molecule has 1 aromatic carbocycles. The van der Waals surface area contributed by atoms with Gasteiger partial charge in [-0.25, -0.2) is 0 Å². The molecule has 1 aliphatic rings. The van der Waals surface area contributed by atoms with Gasteiger partial charge in [0.1, 0.15) is 0 Å². The van der Waals surface area contributed by atoms with Crippen LogP contribution in [0.2, 0.25) is 0 Å². The number of hydrogen-bond donors (Lipinski definition) is 1. The van der Waals surface area contributed by atoms with Crippen molar-refractivity contribution in [1.29, 1.82) is 0 Å². The van der Waals surface area contributed by atoms with Crippen LogP contribution in [-0.4, -0.2) is 39.9 Å². The highest BCUT2D eigenvalue weighted by atomic mass is 16.2. The molecular weight excluding hydrogens is 230 g/mol. The van der Waals surface area contributed by atoms with Crippen LogP contribution in [0.3, 0.4) is 0 Å². The maximum atomic E-state index is 11.5. The lowest BCUT2D eigenvalue weighted by Crippen LogP contribution is -2.27. The second-order valence-electron chi connectivity index (χ2n) is 4.53. The fourth-order valence-corrected chi connectivity index (χ4v) is 2.34. The molecular formula is C13H13N3O2. The van der Waals surface area contributed by atoms with E-state index in [1.165, 1.54) is 0 Å². The summed E-state index contributed by atoms with van der Waals surface area (Å²) in [6, 6.07) is 5.96. The molecule has 1 aromatic heterocycles. The van der Waals surface area contributed by atoms with Gasteiger partial charge >= 0.3 is 0 Å². The van der Waals surface area contributed by atoms with Crippen molar-refractivity contribution < 1.29 is 9.59 Å². The Balaban J connectivity index is 1.75. The number of benzene rings is 1. The Morgan fingerprint density at radius 2 is 2.22 bits per heavy atom. The minimum atomic E-state index is -0.0561. The number of rotatable bonds is 3. The molecule has 0 atom stereocenters. The highest BCUT2D eigenvalue weighted by molar-refractivity contribution is 6.05. The number of ketones is 1. The van der Waals surface area contributed by atoms with Gasteiger partial charge < -0.3 is 4.90 Å². The fraction of sp³-hybridized carbons (Fsp3) is 0.308. The predicted molar refractivity (Wildman–Crippen MR) is 66.0 cm³/mol. The molecule has 0 spiro atoms. The van der Waals surface area contributed by atoms with Crippen LogP contribution in [0.1, 0.15) is 12.0 Å². The Morgan fingerprint density at radius 1 is 1.33 bits per heavy atom. The monoisotopic (exact) mass is 243 g/mol. The molecule has 18 heavy (non-hydrogen) atoms. The van der Waals surface area contributed by atoms with Gasteiger partial charge in [0.15, 0.2) is 5.78 Å². The average molecular weight is 243 g/mol. The molecule has 3 rings (SSSR count). The van der Waals surface area contributed by atoms with Gasteiger partial charge in [-0.1, -0.05) is 12.1 Å². The van der Waals surface area contributed by atoms with E-state index in [2.05, 4.69) is 10.2 Å². The van der Waals surface area contributed by atoms with E-state index in [4.69, 9.17) is 0 Å². The van der Waals surface area contributed by atoms with E-state index in [1.807, 2.05) is 18.2 Å². The molecule has 1 fully saturated rings. The van der Waals surface area contributed by atoms with Gasteiger partial charge in [0.05, 0.1) is 24.7 Å². The Labute approximate surface area is 104 Å². The summed E-state index contributed by atoms with van der Waals surface area (Å²) in [7, 11) is 0.